The molecular weight excluding hydrogens is 245 g/mol. The van der Waals surface area contributed by atoms with Crippen LogP contribution in [-0.2, 0) is 4.74 Å². The highest BCUT2D eigenvalue weighted by atomic mass is 19.1. The Bertz CT molecular complexity index is 482. The number of aliphatic hydroxyl groups is 2. The highest BCUT2D eigenvalue weighted by molar-refractivity contribution is 5.33. The Kier molecular flexibility index (Phi) is 3.33. The van der Waals surface area contributed by atoms with Gasteiger partial charge in [-0.05, 0) is 13.0 Å². The van der Waals surface area contributed by atoms with Gasteiger partial charge in [0, 0.05) is 6.20 Å². The monoisotopic (exact) mass is 259 g/mol. The minimum Gasteiger partial charge on any atom is -0.393 e. The van der Waals surface area contributed by atoms with Crippen LogP contribution in [0.4, 0.5) is 10.2 Å². The number of hydrogen-bond acceptors (Lipinski definition) is 6. The maximum Gasteiger partial charge on any atom is 0.346 e. The number of H-pyrrole nitrogens is 1. The second kappa shape index (κ2) is 4.63. The van der Waals surface area contributed by atoms with E-state index < -0.39 is 36.4 Å². The van der Waals surface area contributed by atoms with Crippen molar-refractivity contribution in [2.24, 2.45) is 0 Å². The lowest BCUT2D eigenvalue weighted by Crippen LogP contribution is -2.42. The summed E-state index contributed by atoms with van der Waals surface area (Å²) in [5.41, 5.74) is -1.96. The lowest BCUT2D eigenvalue weighted by Gasteiger charge is -2.24. The molecule has 1 aromatic heterocycles. The molecule has 18 heavy (non-hydrogen) atoms. The summed E-state index contributed by atoms with van der Waals surface area (Å²) < 4.78 is 19.0. The van der Waals surface area contributed by atoms with Crippen molar-refractivity contribution >= 4 is 5.82 Å². The number of halogens is 1. The first-order valence-electron chi connectivity index (χ1n) is 5.39. The maximum absolute atomic E-state index is 13.8. The van der Waals surface area contributed by atoms with Crippen molar-refractivity contribution in [3.05, 3.63) is 22.7 Å². The molecule has 4 atom stereocenters. The number of aliphatic hydroxyl groups excluding tert-OH is 2. The average Bonchev–Trinajstić information content (AvgIpc) is 2.55. The first-order valence-corrected chi connectivity index (χ1v) is 5.39. The summed E-state index contributed by atoms with van der Waals surface area (Å²) >= 11 is 0. The van der Waals surface area contributed by atoms with Crippen molar-refractivity contribution in [2.75, 3.05) is 11.9 Å². The Labute approximate surface area is 102 Å². The Hall–Kier alpha value is -1.51. The Balaban J connectivity index is 2.14. The van der Waals surface area contributed by atoms with E-state index in [-0.39, 0.29) is 5.82 Å². The fourth-order valence-corrected chi connectivity index (χ4v) is 1.77. The Morgan fingerprint density at radius 2 is 2.44 bits per heavy atom. The molecule has 2 heterocycles. The zero-order chi connectivity index (χ0) is 13.3. The number of hydrogen-bond donors (Lipinski definition) is 4. The molecule has 1 aliphatic rings. The summed E-state index contributed by atoms with van der Waals surface area (Å²) in [6.45, 7) is 0.890. The largest absolute Gasteiger partial charge is 0.393 e. The second-order valence-corrected chi connectivity index (χ2v) is 4.33. The van der Waals surface area contributed by atoms with E-state index in [4.69, 9.17) is 9.84 Å². The third-order valence-electron chi connectivity index (χ3n) is 2.90. The summed E-state index contributed by atoms with van der Waals surface area (Å²) in [4.78, 5) is 16.7. The van der Waals surface area contributed by atoms with Crippen LogP contribution in [0.2, 0.25) is 0 Å². The summed E-state index contributed by atoms with van der Waals surface area (Å²) in [5.74, 6) is 0.219. The number of nitrogens with one attached hydrogen (secondary N) is 2. The van der Waals surface area contributed by atoms with E-state index in [0.717, 1.165) is 0 Å². The van der Waals surface area contributed by atoms with E-state index in [1.807, 2.05) is 0 Å². The maximum atomic E-state index is 13.8. The Morgan fingerprint density at radius 3 is 3.00 bits per heavy atom. The van der Waals surface area contributed by atoms with Gasteiger partial charge < -0.3 is 20.3 Å². The average molecular weight is 259 g/mol. The minimum absolute atomic E-state index is 0.219. The van der Waals surface area contributed by atoms with E-state index in [1.165, 1.54) is 19.2 Å². The van der Waals surface area contributed by atoms with Crippen LogP contribution in [0.25, 0.3) is 0 Å². The second-order valence-electron chi connectivity index (χ2n) is 4.33. The zero-order valence-corrected chi connectivity index (χ0v) is 9.63. The molecule has 0 unspecified atom stereocenters. The normalized spacial score (nSPS) is 35.7. The van der Waals surface area contributed by atoms with Crippen LogP contribution in [0.1, 0.15) is 6.92 Å². The van der Waals surface area contributed by atoms with Crippen molar-refractivity contribution in [1.29, 1.82) is 0 Å². The van der Waals surface area contributed by atoms with Gasteiger partial charge in [0.05, 0.1) is 6.61 Å². The van der Waals surface area contributed by atoms with Gasteiger partial charge in [0.15, 0.2) is 12.4 Å². The number of alkyl halides is 1. The topological polar surface area (TPSA) is 107 Å². The van der Waals surface area contributed by atoms with Gasteiger partial charge in [0.2, 0.25) is 0 Å². The van der Waals surface area contributed by atoms with Crippen molar-refractivity contribution in [2.45, 2.75) is 31.0 Å². The van der Waals surface area contributed by atoms with Crippen molar-refractivity contribution < 1.29 is 19.3 Å². The number of aromatic amines is 1. The van der Waals surface area contributed by atoms with Crippen LogP contribution in [0.3, 0.4) is 0 Å². The molecule has 1 fully saturated rings. The molecule has 0 spiro atoms. The predicted octanol–water partition coefficient (Wildman–Crippen LogP) is -1.01. The lowest BCUT2D eigenvalue weighted by atomic mass is 9.99. The van der Waals surface area contributed by atoms with Crippen LogP contribution in [0.5, 0.6) is 0 Å². The van der Waals surface area contributed by atoms with Crippen LogP contribution in [-0.4, -0.2) is 50.9 Å². The van der Waals surface area contributed by atoms with Gasteiger partial charge in [-0.2, -0.15) is 0 Å². The number of ether oxygens (including phenoxy) is 1. The number of nitrogens with zero attached hydrogens (tertiary/aromatic N) is 1. The molecule has 2 rings (SSSR count). The van der Waals surface area contributed by atoms with E-state index in [0.29, 0.717) is 0 Å². The van der Waals surface area contributed by atoms with Gasteiger partial charge in [0.1, 0.15) is 17.5 Å². The van der Waals surface area contributed by atoms with Crippen molar-refractivity contribution in [1.82, 2.24) is 9.97 Å². The van der Waals surface area contributed by atoms with Gasteiger partial charge in [-0.3, -0.25) is 4.98 Å². The molecule has 1 aromatic rings. The molecule has 0 amide bonds. The quantitative estimate of drug-likeness (QED) is 0.554. The fourth-order valence-electron chi connectivity index (χ4n) is 1.77. The van der Waals surface area contributed by atoms with Crippen LogP contribution in [0.15, 0.2) is 17.1 Å². The zero-order valence-electron chi connectivity index (χ0n) is 9.63. The van der Waals surface area contributed by atoms with E-state index >= 15 is 0 Å². The number of rotatable bonds is 3. The van der Waals surface area contributed by atoms with Crippen LogP contribution >= 0.6 is 0 Å². The lowest BCUT2D eigenvalue weighted by molar-refractivity contribution is -0.0932. The summed E-state index contributed by atoms with van der Waals surface area (Å²) in [7, 11) is 0. The molecule has 4 N–H and O–H groups in total. The molecule has 1 saturated heterocycles. The first kappa shape index (κ1) is 12.9. The first-order chi connectivity index (χ1) is 8.46. The molecule has 7 nitrogen and oxygen atoms in total. The van der Waals surface area contributed by atoms with E-state index in [1.54, 1.807) is 0 Å². The molecule has 0 aliphatic carbocycles. The van der Waals surface area contributed by atoms with Crippen LogP contribution in [0, 0.1) is 0 Å². The Morgan fingerprint density at radius 1 is 1.72 bits per heavy atom. The number of anilines is 1. The van der Waals surface area contributed by atoms with Crippen LogP contribution < -0.4 is 11.0 Å². The third-order valence-corrected chi connectivity index (χ3v) is 2.90. The van der Waals surface area contributed by atoms with Gasteiger partial charge in [-0.1, -0.05) is 0 Å². The third kappa shape index (κ3) is 2.22. The number of aromatic nitrogens is 2. The summed E-state index contributed by atoms with van der Waals surface area (Å²) in [5, 5.41) is 21.3. The molecule has 8 heteroatoms. The standard InChI is InChI=1S/C10H14FN3O4/c1-10(4-15)7(16)6(11)8(18-10)13-5-2-3-12-9(17)14-5/h2-3,6-8,15-16H,4H2,1H3,(H2,12,13,14,17)/t6-,7-,8+,10+/m0/s1. The van der Waals surface area contributed by atoms with Gasteiger partial charge >= 0.3 is 5.69 Å². The predicted molar refractivity (Wildman–Crippen MR) is 59.7 cm³/mol. The fraction of sp³-hybridized carbons (Fsp3) is 0.600. The van der Waals surface area contributed by atoms with E-state index in [2.05, 4.69) is 15.3 Å². The molecular formula is C10H14FN3O4. The minimum atomic E-state index is -1.72. The molecule has 100 valence electrons. The highest BCUT2D eigenvalue weighted by Gasteiger charge is 2.52. The van der Waals surface area contributed by atoms with Crippen molar-refractivity contribution in [3.8, 4) is 0 Å². The molecule has 0 bridgehead atoms. The molecule has 0 saturated carbocycles. The van der Waals surface area contributed by atoms with Gasteiger partial charge in [-0.25, -0.2) is 14.2 Å². The smallest absolute Gasteiger partial charge is 0.346 e. The van der Waals surface area contributed by atoms with Crippen molar-refractivity contribution in [3.63, 3.8) is 0 Å². The summed E-state index contributed by atoms with van der Waals surface area (Å²) in [6.07, 6.45) is -3.08. The molecule has 0 radical (unpaired) electrons. The van der Waals surface area contributed by atoms with Gasteiger partial charge in [0.25, 0.3) is 0 Å². The highest BCUT2D eigenvalue weighted by Crippen LogP contribution is 2.32. The SMILES string of the molecule is C[C@]1(CO)O[C@@H](Nc2ccnc(=O)[nH]2)[C@@H](F)[C@@H]1O. The molecule has 1 aliphatic heterocycles. The molecule has 0 aromatic carbocycles. The summed E-state index contributed by atoms with van der Waals surface area (Å²) in [6, 6.07) is 1.43. The van der Waals surface area contributed by atoms with E-state index in [9.17, 15) is 14.3 Å². The van der Waals surface area contributed by atoms with Gasteiger partial charge in [-0.15, -0.1) is 0 Å².